The number of rotatable bonds is 20. The number of H-pyrrole nitrogens is 1. The van der Waals surface area contributed by atoms with Crippen molar-refractivity contribution in [2.24, 2.45) is 0 Å². The molecule has 0 unspecified atom stereocenters. The molecule has 1 aliphatic heterocycles. The lowest BCUT2D eigenvalue weighted by Crippen LogP contribution is -2.40. The van der Waals surface area contributed by atoms with E-state index in [0.29, 0.717) is 90.9 Å². The van der Waals surface area contributed by atoms with E-state index in [2.05, 4.69) is 20.6 Å². The third-order valence-electron chi connectivity index (χ3n) is 10.1. The van der Waals surface area contributed by atoms with Gasteiger partial charge in [-0.05, 0) is 68.7 Å². The van der Waals surface area contributed by atoms with E-state index in [1.54, 1.807) is 24.3 Å². The molecule has 0 saturated carbocycles. The van der Waals surface area contributed by atoms with Crippen LogP contribution in [-0.2, 0) is 32.8 Å². The van der Waals surface area contributed by atoms with E-state index in [4.69, 9.17) is 18.7 Å². The van der Waals surface area contributed by atoms with Gasteiger partial charge in [0.05, 0.1) is 18.2 Å². The summed E-state index contributed by atoms with van der Waals surface area (Å²) in [5.74, 6) is 0.606. The largest absolute Gasteiger partial charge is 0.484 e. The Morgan fingerprint density at radius 3 is 2.36 bits per heavy atom. The number of imidazole rings is 1. The number of aryl methyl sites for hydroxylation is 1. The number of fused-ring (bicyclic) bond motifs is 3. The lowest BCUT2D eigenvalue weighted by atomic mass is 10.2. The number of nitrogens with one attached hydrogen (secondary N) is 3. The van der Waals surface area contributed by atoms with Gasteiger partial charge in [0.2, 0.25) is 11.3 Å². The van der Waals surface area contributed by atoms with Gasteiger partial charge >= 0.3 is 5.69 Å². The van der Waals surface area contributed by atoms with Crippen molar-refractivity contribution in [2.75, 3.05) is 57.0 Å². The number of aromatic nitrogens is 5. The van der Waals surface area contributed by atoms with E-state index in [-0.39, 0.29) is 61.3 Å². The van der Waals surface area contributed by atoms with Crippen molar-refractivity contribution in [3.05, 3.63) is 86.9 Å². The Labute approximate surface area is 352 Å². The molecule has 4 aromatic rings. The second-order valence-corrected chi connectivity index (χ2v) is 16.2. The number of hydrogen-bond acceptors (Lipinski definition) is 11. The molecule has 3 heterocycles. The molecular formula is C42H52N9O9S+. The first-order valence-corrected chi connectivity index (χ1v) is 22.0. The van der Waals surface area contributed by atoms with Crippen LogP contribution in [0.2, 0.25) is 0 Å². The second-order valence-electron chi connectivity index (χ2n) is 14.6. The second kappa shape index (κ2) is 19.8. The number of ether oxygens (including phenoxy) is 1. The molecular weight excluding hydrogens is 807 g/mol. The van der Waals surface area contributed by atoms with Crippen LogP contribution in [0, 0.1) is 0 Å². The highest BCUT2D eigenvalue weighted by atomic mass is 32.2. The molecule has 2 aromatic carbocycles. The molecule has 0 atom stereocenters. The van der Waals surface area contributed by atoms with E-state index in [0.717, 1.165) is 11.0 Å². The van der Waals surface area contributed by atoms with Gasteiger partial charge in [-0.2, -0.15) is 8.42 Å². The summed E-state index contributed by atoms with van der Waals surface area (Å²) >= 11 is 0. The van der Waals surface area contributed by atoms with Crippen LogP contribution in [0.1, 0.15) is 46.5 Å². The van der Waals surface area contributed by atoms with Gasteiger partial charge in [-0.15, -0.1) is 0 Å². The van der Waals surface area contributed by atoms with E-state index < -0.39 is 15.7 Å². The van der Waals surface area contributed by atoms with Crippen molar-refractivity contribution in [3.63, 3.8) is 0 Å². The van der Waals surface area contributed by atoms with Crippen LogP contribution in [0.5, 0.6) is 5.75 Å². The van der Waals surface area contributed by atoms with Crippen LogP contribution in [0.15, 0.2) is 74.7 Å². The first-order chi connectivity index (χ1) is 29.3. The van der Waals surface area contributed by atoms with Crippen molar-refractivity contribution in [1.29, 1.82) is 0 Å². The Morgan fingerprint density at radius 2 is 1.66 bits per heavy atom. The molecule has 1 aliphatic carbocycles. The number of anilines is 1. The Bertz CT molecular complexity index is 2790. The summed E-state index contributed by atoms with van der Waals surface area (Å²) in [6.45, 7) is 8.30. The predicted octanol–water partition coefficient (Wildman–Crippen LogP) is 2.83. The third-order valence-corrected chi connectivity index (χ3v) is 10.9. The fourth-order valence-corrected chi connectivity index (χ4v) is 7.39. The van der Waals surface area contributed by atoms with Crippen LogP contribution in [-0.4, -0.2) is 101 Å². The van der Waals surface area contributed by atoms with E-state index >= 15 is 0 Å². The molecule has 0 fully saturated rings. The fourth-order valence-electron chi connectivity index (χ4n) is 6.89. The monoisotopic (exact) mass is 858 g/mol. The van der Waals surface area contributed by atoms with Crippen molar-refractivity contribution in [1.82, 2.24) is 39.3 Å². The number of nitrogens with zero attached hydrogens (tertiary/aromatic N) is 6. The van der Waals surface area contributed by atoms with E-state index in [1.807, 2.05) is 73.7 Å². The third kappa shape index (κ3) is 11.1. The zero-order valence-corrected chi connectivity index (χ0v) is 35.6. The number of carbonyl (C=O) groups excluding carboxylic acids is 2. The Balaban J connectivity index is 0.964. The van der Waals surface area contributed by atoms with Crippen molar-refractivity contribution < 1.29 is 31.7 Å². The first-order valence-electron chi connectivity index (χ1n) is 20.4. The van der Waals surface area contributed by atoms with E-state index in [1.165, 1.54) is 9.13 Å². The van der Waals surface area contributed by atoms with Crippen LogP contribution < -0.4 is 41.5 Å². The molecule has 2 aliphatic rings. The van der Waals surface area contributed by atoms with Gasteiger partial charge in [0, 0.05) is 62.7 Å². The fraction of sp³-hybridized carbons (Fsp3) is 0.405. The summed E-state index contributed by atoms with van der Waals surface area (Å²) in [5, 5.41) is 6.38. The molecule has 18 nitrogen and oxygen atoms in total. The zero-order valence-electron chi connectivity index (χ0n) is 34.8. The molecule has 0 saturated heterocycles. The number of aromatic amines is 1. The van der Waals surface area contributed by atoms with E-state index in [9.17, 15) is 27.6 Å². The summed E-state index contributed by atoms with van der Waals surface area (Å²) in [6, 6.07) is 18.1. The molecule has 0 spiro atoms. The van der Waals surface area contributed by atoms with Crippen LogP contribution in [0.25, 0.3) is 45.1 Å². The minimum Gasteiger partial charge on any atom is -0.484 e. The van der Waals surface area contributed by atoms with Crippen LogP contribution in [0.3, 0.4) is 0 Å². The SMILES string of the molecule is CCCn1c(=O)c2[nH]c(-c3ccc(OCC(=O)NCCNC(=O)CC[N+](C)=c4ccc5nc6ccc(N(CC)CCCS(=O)(=O)O)cc6oc-5c4)cc3)nc2n(CCC)c1=O. The summed E-state index contributed by atoms with van der Waals surface area (Å²) in [4.78, 5) is 65.6. The van der Waals surface area contributed by atoms with Gasteiger partial charge < -0.3 is 29.7 Å². The predicted molar refractivity (Wildman–Crippen MR) is 232 cm³/mol. The Hall–Kier alpha value is -6.34. The molecule has 2 aromatic heterocycles. The number of hydrogen-bond donors (Lipinski definition) is 4. The summed E-state index contributed by atoms with van der Waals surface area (Å²) in [6.07, 6.45) is 1.84. The lowest BCUT2D eigenvalue weighted by molar-refractivity contribution is -0.124. The van der Waals surface area contributed by atoms with Crippen molar-refractivity contribution in [2.45, 2.75) is 59.5 Å². The molecule has 4 N–H and O–H groups in total. The molecule has 6 rings (SSSR count). The highest BCUT2D eigenvalue weighted by Crippen LogP contribution is 2.27. The maximum absolute atomic E-state index is 13.1. The van der Waals surface area contributed by atoms with Gasteiger partial charge in [-0.25, -0.2) is 19.3 Å². The standard InChI is InChI=1S/C42H51N9O9S/c1-5-20-50-40-38(41(54)51(21-6-2)42(50)55)46-39(47-40)28-9-13-31(14-10-28)59-27-37(53)44-19-18-43-36(52)17-23-48(4)29-11-15-32-34(25-29)60-35-26-30(12-16-33(35)45-32)49(7-3)22-8-24-61(56,57)58/h9-16,25-26H,5-8,17-24,27H2,1-4H3,(H3-,43,44,46,47,52,53,54,56,57,58)/p+1. The van der Waals surface area contributed by atoms with Gasteiger partial charge in [0.15, 0.2) is 30.1 Å². The quantitative estimate of drug-likeness (QED) is 0.0377. The Morgan fingerprint density at radius 1 is 0.934 bits per heavy atom. The first kappa shape index (κ1) is 44.2. The van der Waals surface area contributed by atoms with Crippen LogP contribution in [0.4, 0.5) is 5.69 Å². The minimum absolute atomic E-state index is 0.176. The summed E-state index contributed by atoms with van der Waals surface area (Å²) < 4.78 is 48.0. The molecule has 19 heteroatoms. The molecule has 0 bridgehead atoms. The molecule has 61 heavy (non-hydrogen) atoms. The highest BCUT2D eigenvalue weighted by molar-refractivity contribution is 7.85. The van der Waals surface area contributed by atoms with Gasteiger partial charge in [-0.3, -0.25) is 28.1 Å². The topological polar surface area (TPSA) is 227 Å². The zero-order chi connectivity index (χ0) is 43.7. The molecule has 2 amide bonds. The smallest absolute Gasteiger partial charge is 0.332 e. The number of benzene rings is 3. The summed E-state index contributed by atoms with van der Waals surface area (Å²) in [7, 11) is -2.16. The average molecular weight is 859 g/mol. The lowest BCUT2D eigenvalue weighted by Gasteiger charge is -2.23. The van der Waals surface area contributed by atoms with Crippen molar-refractivity contribution >= 4 is 49.9 Å². The molecule has 0 radical (unpaired) electrons. The molecule has 324 valence electrons. The van der Waals surface area contributed by atoms with Crippen molar-refractivity contribution in [3.8, 4) is 28.6 Å². The highest BCUT2D eigenvalue weighted by Gasteiger charge is 2.18. The Kier molecular flexibility index (Phi) is 14.4. The number of amides is 2. The summed E-state index contributed by atoms with van der Waals surface area (Å²) in [5.41, 5.74) is 3.24. The average Bonchev–Trinajstić information content (AvgIpc) is 3.70. The maximum atomic E-state index is 13.1. The van der Waals surface area contributed by atoms with Crippen LogP contribution >= 0.6 is 0 Å². The minimum atomic E-state index is -4.03. The van der Waals surface area contributed by atoms with Gasteiger partial charge in [-0.1, -0.05) is 13.8 Å². The maximum Gasteiger partial charge on any atom is 0.332 e. The van der Waals surface area contributed by atoms with Gasteiger partial charge in [0.25, 0.3) is 21.6 Å². The normalized spacial score (nSPS) is 12.2. The number of carbonyl (C=O) groups is 2. The van der Waals surface area contributed by atoms with Gasteiger partial charge in [0.1, 0.15) is 35.3 Å².